The first kappa shape index (κ1) is 19.0. The molecule has 0 unspecified atom stereocenters. The van der Waals surface area contributed by atoms with Gasteiger partial charge >= 0.3 is 0 Å². The number of piperidine rings is 1. The van der Waals surface area contributed by atoms with Crippen LogP contribution in [-0.4, -0.2) is 30.0 Å². The minimum atomic E-state index is 0. The van der Waals surface area contributed by atoms with Gasteiger partial charge in [-0.15, -0.1) is 36.2 Å². The highest BCUT2D eigenvalue weighted by Crippen LogP contribution is 2.23. The van der Waals surface area contributed by atoms with Crippen molar-refractivity contribution in [2.75, 3.05) is 13.1 Å². The number of halogens is 2. The largest absolute Gasteiger partial charge is 0.444 e. The molecular formula is C14H19Cl2N3O2S. The fourth-order valence-corrected chi connectivity index (χ4v) is 2.97. The molecule has 0 aromatic carbocycles. The van der Waals surface area contributed by atoms with Crippen molar-refractivity contribution in [2.24, 2.45) is 0 Å². The summed E-state index contributed by atoms with van der Waals surface area (Å²) in [6.45, 7) is 1.94. The Labute approximate surface area is 145 Å². The van der Waals surface area contributed by atoms with Crippen LogP contribution in [0.15, 0.2) is 28.2 Å². The Morgan fingerprint density at radius 1 is 1.41 bits per heavy atom. The third kappa shape index (κ3) is 4.98. The van der Waals surface area contributed by atoms with E-state index in [1.807, 2.05) is 17.5 Å². The molecule has 0 atom stereocenters. The lowest BCUT2D eigenvalue weighted by Crippen LogP contribution is -2.43. The van der Waals surface area contributed by atoms with E-state index < -0.39 is 0 Å². The number of thiophene rings is 1. The molecule has 2 N–H and O–H groups in total. The zero-order chi connectivity index (χ0) is 13.8. The van der Waals surface area contributed by atoms with Crippen molar-refractivity contribution in [3.63, 3.8) is 0 Å². The first-order valence-corrected chi connectivity index (χ1v) is 7.67. The second-order valence-electron chi connectivity index (χ2n) is 4.89. The second-order valence-corrected chi connectivity index (χ2v) is 5.84. The maximum Gasteiger partial charge on any atom is 0.236 e. The molecule has 1 fully saturated rings. The zero-order valence-corrected chi connectivity index (χ0v) is 14.4. The molecule has 22 heavy (non-hydrogen) atoms. The summed E-state index contributed by atoms with van der Waals surface area (Å²) in [5, 5.41) is 8.31. The van der Waals surface area contributed by atoms with Gasteiger partial charge in [0.05, 0.1) is 17.0 Å². The van der Waals surface area contributed by atoms with Gasteiger partial charge < -0.3 is 15.1 Å². The summed E-state index contributed by atoms with van der Waals surface area (Å²) in [5.41, 5.74) is 0.680. The van der Waals surface area contributed by atoms with E-state index in [4.69, 9.17) is 4.42 Å². The molecule has 1 amide bonds. The van der Waals surface area contributed by atoms with Crippen LogP contribution < -0.4 is 10.6 Å². The third-order valence-electron chi connectivity index (χ3n) is 3.33. The van der Waals surface area contributed by atoms with Crippen molar-refractivity contribution in [2.45, 2.75) is 25.3 Å². The van der Waals surface area contributed by atoms with Crippen molar-refractivity contribution in [3.05, 3.63) is 29.5 Å². The normalized spacial score (nSPS) is 14.7. The molecule has 0 bridgehead atoms. The number of carbonyl (C=O) groups excluding carboxylic acids is 1. The zero-order valence-electron chi connectivity index (χ0n) is 11.9. The Hall–Kier alpha value is -1.08. The topological polar surface area (TPSA) is 67.2 Å². The van der Waals surface area contributed by atoms with Gasteiger partial charge in [0, 0.05) is 6.04 Å². The predicted octanol–water partition coefficient (Wildman–Crippen LogP) is 2.66. The quantitative estimate of drug-likeness (QED) is 0.875. The van der Waals surface area contributed by atoms with E-state index in [9.17, 15) is 4.79 Å². The van der Waals surface area contributed by atoms with E-state index in [0.29, 0.717) is 11.6 Å². The molecule has 3 heterocycles. The molecule has 1 saturated heterocycles. The Balaban J connectivity index is 0.00000121. The third-order valence-corrected chi connectivity index (χ3v) is 4.19. The summed E-state index contributed by atoms with van der Waals surface area (Å²) in [6, 6.07) is 4.19. The minimum Gasteiger partial charge on any atom is -0.444 e. The maximum atomic E-state index is 12.0. The van der Waals surface area contributed by atoms with Gasteiger partial charge in [0.2, 0.25) is 11.8 Å². The molecule has 3 rings (SSSR count). The molecule has 5 nitrogen and oxygen atoms in total. The van der Waals surface area contributed by atoms with Crippen molar-refractivity contribution >= 4 is 42.1 Å². The van der Waals surface area contributed by atoms with Crippen LogP contribution in [-0.2, 0) is 11.2 Å². The fraction of sp³-hybridized carbons (Fsp3) is 0.429. The van der Waals surface area contributed by atoms with Crippen LogP contribution in [0.2, 0.25) is 0 Å². The summed E-state index contributed by atoms with van der Waals surface area (Å²) in [6.07, 6.45) is 3.83. The van der Waals surface area contributed by atoms with E-state index in [1.54, 1.807) is 17.6 Å². The van der Waals surface area contributed by atoms with Crippen molar-refractivity contribution in [1.29, 1.82) is 0 Å². The van der Waals surface area contributed by atoms with Crippen molar-refractivity contribution in [1.82, 2.24) is 15.6 Å². The molecule has 122 valence electrons. The van der Waals surface area contributed by atoms with Crippen molar-refractivity contribution < 1.29 is 9.21 Å². The first-order chi connectivity index (χ1) is 9.81. The van der Waals surface area contributed by atoms with Gasteiger partial charge in [-0.05, 0) is 37.4 Å². The van der Waals surface area contributed by atoms with Crippen LogP contribution in [0.5, 0.6) is 0 Å². The lowest BCUT2D eigenvalue weighted by molar-refractivity contribution is -0.121. The summed E-state index contributed by atoms with van der Waals surface area (Å²) >= 11 is 1.57. The number of hydrogen-bond acceptors (Lipinski definition) is 5. The smallest absolute Gasteiger partial charge is 0.236 e. The first-order valence-electron chi connectivity index (χ1n) is 6.79. The van der Waals surface area contributed by atoms with Gasteiger partial charge in [-0.25, -0.2) is 4.98 Å². The van der Waals surface area contributed by atoms with E-state index in [1.165, 1.54) is 0 Å². The summed E-state index contributed by atoms with van der Waals surface area (Å²) in [4.78, 5) is 17.3. The second kappa shape index (κ2) is 9.15. The fourth-order valence-electron chi connectivity index (χ4n) is 2.31. The van der Waals surface area contributed by atoms with E-state index in [2.05, 4.69) is 15.6 Å². The highest BCUT2D eigenvalue weighted by atomic mass is 35.5. The Morgan fingerprint density at radius 3 is 2.86 bits per heavy atom. The number of nitrogens with zero attached hydrogens (tertiary/aromatic N) is 1. The monoisotopic (exact) mass is 363 g/mol. The standard InChI is InChI=1S/C14H17N3O2S.2ClH/c18-13(16-10-3-5-15-6-4-10)8-11-9-19-14(17-11)12-2-1-7-20-12;;/h1-2,7,9-10,15H,3-6,8H2,(H,16,18);2*1H. The number of hydrogen-bond donors (Lipinski definition) is 2. The molecule has 2 aromatic rings. The molecule has 0 aliphatic carbocycles. The van der Waals surface area contributed by atoms with Crippen LogP contribution in [0.3, 0.4) is 0 Å². The molecular weight excluding hydrogens is 345 g/mol. The Kier molecular flexibility index (Phi) is 7.89. The Bertz CT molecular complexity index is 568. The highest BCUT2D eigenvalue weighted by molar-refractivity contribution is 7.13. The van der Waals surface area contributed by atoms with Gasteiger partial charge in [-0.1, -0.05) is 6.07 Å². The van der Waals surface area contributed by atoms with Gasteiger partial charge in [0.15, 0.2) is 0 Å². The molecule has 1 aliphatic heterocycles. The van der Waals surface area contributed by atoms with E-state index in [0.717, 1.165) is 30.8 Å². The van der Waals surface area contributed by atoms with Crippen LogP contribution in [0.4, 0.5) is 0 Å². The number of carbonyl (C=O) groups is 1. The Morgan fingerprint density at radius 2 is 2.18 bits per heavy atom. The molecule has 1 aliphatic rings. The summed E-state index contributed by atoms with van der Waals surface area (Å²) in [5.74, 6) is 0.604. The average molecular weight is 364 g/mol. The van der Waals surface area contributed by atoms with Gasteiger partial charge in [-0.2, -0.15) is 0 Å². The number of nitrogens with one attached hydrogen (secondary N) is 2. The van der Waals surface area contributed by atoms with Crippen LogP contribution in [0, 0.1) is 0 Å². The predicted molar refractivity (Wildman–Crippen MR) is 92.1 cm³/mol. The molecule has 2 aromatic heterocycles. The molecule has 8 heteroatoms. The van der Waals surface area contributed by atoms with Gasteiger partial charge in [0.25, 0.3) is 0 Å². The van der Waals surface area contributed by atoms with Gasteiger partial charge in [-0.3, -0.25) is 4.79 Å². The molecule has 0 radical (unpaired) electrons. The molecule has 0 saturated carbocycles. The number of oxazole rings is 1. The lowest BCUT2D eigenvalue weighted by Gasteiger charge is -2.23. The SMILES string of the molecule is Cl.Cl.O=C(Cc1coc(-c2cccs2)n1)NC1CCNCC1. The summed E-state index contributed by atoms with van der Waals surface area (Å²) in [7, 11) is 0. The molecule has 0 spiro atoms. The van der Waals surface area contributed by atoms with E-state index >= 15 is 0 Å². The minimum absolute atomic E-state index is 0. The van der Waals surface area contributed by atoms with E-state index in [-0.39, 0.29) is 43.2 Å². The van der Waals surface area contributed by atoms with Crippen LogP contribution >= 0.6 is 36.2 Å². The number of aromatic nitrogens is 1. The van der Waals surface area contributed by atoms with Crippen LogP contribution in [0.25, 0.3) is 10.8 Å². The van der Waals surface area contributed by atoms with Crippen molar-refractivity contribution in [3.8, 4) is 10.8 Å². The number of amides is 1. The summed E-state index contributed by atoms with van der Waals surface area (Å²) < 4.78 is 5.41. The van der Waals surface area contributed by atoms with Gasteiger partial charge in [0.1, 0.15) is 6.26 Å². The average Bonchev–Trinajstić information content (AvgIpc) is 3.10. The number of rotatable bonds is 4. The maximum absolute atomic E-state index is 12.0. The lowest BCUT2D eigenvalue weighted by atomic mass is 10.1. The highest BCUT2D eigenvalue weighted by Gasteiger charge is 2.17. The van der Waals surface area contributed by atoms with Crippen LogP contribution in [0.1, 0.15) is 18.5 Å².